The van der Waals surface area contributed by atoms with Crippen LogP contribution in [0.15, 0.2) is 24.3 Å². The molecule has 0 aliphatic rings. The zero-order chi connectivity index (χ0) is 12.2. The summed E-state index contributed by atoms with van der Waals surface area (Å²) in [6.07, 6.45) is 1.25. The van der Waals surface area contributed by atoms with E-state index in [0.717, 1.165) is 5.56 Å². The zero-order valence-electron chi connectivity index (χ0n) is 9.71. The van der Waals surface area contributed by atoms with Crippen LogP contribution in [0.1, 0.15) is 31.4 Å². The quantitative estimate of drug-likeness (QED) is 0.819. The largest absolute Gasteiger partial charge is 0.396 e. The van der Waals surface area contributed by atoms with Crippen molar-refractivity contribution in [2.45, 2.75) is 32.6 Å². The predicted molar refractivity (Wildman–Crippen MR) is 60.6 cm³/mol. The average molecular weight is 228 g/mol. The number of benzene rings is 1. The smallest absolute Gasteiger partial charge is 0.275 e. The lowest BCUT2D eigenvalue weighted by molar-refractivity contribution is -0.0514. The van der Waals surface area contributed by atoms with Crippen LogP contribution in [-0.2, 0) is 12.3 Å². The lowest BCUT2D eigenvalue weighted by Crippen LogP contribution is -2.21. The van der Waals surface area contributed by atoms with Gasteiger partial charge in [-0.3, -0.25) is 0 Å². The number of rotatable bonds is 5. The van der Waals surface area contributed by atoms with Gasteiger partial charge < -0.3 is 5.11 Å². The van der Waals surface area contributed by atoms with Crippen molar-refractivity contribution in [1.82, 2.24) is 0 Å². The minimum atomic E-state index is -2.78. The van der Waals surface area contributed by atoms with Gasteiger partial charge in [-0.1, -0.05) is 32.0 Å². The minimum absolute atomic E-state index is 0.0675. The summed E-state index contributed by atoms with van der Waals surface area (Å²) in [7, 11) is 0. The molecular formula is C13H18F2O. The van der Waals surface area contributed by atoms with Gasteiger partial charge in [-0.2, -0.15) is 0 Å². The first-order valence-corrected chi connectivity index (χ1v) is 5.56. The number of aryl methyl sites for hydroxylation is 1. The Hall–Kier alpha value is -0.960. The Kier molecular flexibility index (Phi) is 4.42. The Morgan fingerprint density at radius 1 is 1.31 bits per heavy atom. The van der Waals surface area contributed by atoms with Crippen LogP contribution >= 0.6 is 0 Å². The van der Waals surface area contributed by atoms with Crippen LogP contribution in [0.25, 0.3) is 0 Å². The lowest BCUT2D eigenvalue weighted by Gasteiger charge is -2.21. The fourth-order valence-electron chi connectivity index (χ4n) is 1.55. The van der Waals surface area contributed by atoms with Gasteiger partial charge in [-0.05, 0) is 24.5 Å². The Balaban J connectivity index is 2.89. The second-order valence-corrected chi connectivity index (χ2v) is 4.31. The second kappa shape index (κ2) is 5.39. The van der Waals surface area contributed by atoms with E-state index < -0.39 is 11.8 Å². The minimum Gasteiger partial charge on any atom is -0.396 e. The maximum absolute atomic E-state index is 13.7. The molecule has 0 radical (unpaired) electrons. The Labute approximate surface area is 95.1 Å². The second-order valence-electron chi connectivity index (χ2n) is 4.31. The van der Waals surface area contributed by atoms with Crippen LogP contribution < -0.4 is 0 Å². The highest BCUT2D eigenvalue weighted by molar-refractivity contribution is 5.27. The molecule has 90 valence electrons. The van der Waals surface area contributed by atoms with E-state index in [1.165, 1.54) is 26.0 Å². The molecule has 0 spiro atoms. The fourth-order valence-corrected chi connectivity index (χ4v) is 1.55. The highest BCUT2D eigenvalue weighted by Gasteiger charge is 2.35. The van der Waals surface area contributed by atoms with Gasteiger partial charge in [0.05, 0.1) is 0 Å². The monoisotopic (exact) mass is 228 g/mol. The van der Waals surface area contributed by atoms with E-state index in [4.69, 9.17) is 5.11 Å². The molecule has 16 heavy (non-hydrogen) atoms. The van der Waals surface area contributed by atoms with Crippen molar-refractivity contribution in [3.8, 4) is 0 Å². The number of alkyl halides is 2. The van der Waals surface area contributed by atoms with Gasteiger partial charge in [0.15, 0.2) is 0 Å². The highest BCUT2D eigenvalue weighted by Crippen LogP contribution is 2.35. The van der Waals surface area contributed by atoms with Crippen LogP contribution in [0, 0.1) is 5.92 Å². The van der Waals surface area contributed by atoms with Crippen molar-refractivity contribution in [1.29, 1.82) is 0 Å². The summed E-state index contributed by atoms with van der Waals surface area (Å²) in [6, 6.07) is 6.46. The molecule has 3 heteroatoms. The number of aliphatic hydroxyl groups excluding tert-OH is 1. The van der Waals surface area contributed by atoms with E-state index in [1.807, 2.05) is 6.07 Å². The first kappa shape index (κ1) is 13.1. The first-order chi connectivity index (χ1) is 7.48. The van der Waals surface area contributed by atoms with E-state index in [9.17, 15) is 8.78 Å². The summed E-state index contributed by atoms with van der Waals surface area (Å²) >= 11 is 0. The molecular weight excluding hydrogens is 210 g/mol. The van der Waals surface area contributed by atoms with Gasteiger partial charge in [-0.15, -0.1) is 0 Å². The van der Waals surface area contributed by atoms with E-state index in [0.29, 0.717) is 12.8 Å². The number of halogens is 2. The standard InChI is InChI=1S/C13H18F2O/c1-10(2)13(14,15)12-7-3-5-11(9-12)6-4-8-16/h3,5,7,9-10,16H,4,6,8H2,1-2H3. The lowest BCUT2D eigenvalue weighted by atomic mass is 9.95. The molecule has 1 aromatic rings. The first-order valence-electron chi connectivity index (χ1n) is 5.56. The van der Waals surface area contributed by atoms with E-state index in [2.05, 4.69) is 0 Å². The van der Waals surface area contributed by atoms with Gasteiger partial charge in [0.25, 0.3) is 5.92 Å². The molecule has 0 heterocycles. The van der Waals surface area contributed by atoms with Crippen LogP contribution in [-0.4, -0.2) is 11.7 Å². The molecule has 0 fully saturated rings. The van der Waals surface area contributed by atoms with Crippen molar-refractivity contribution in [2.75, 3.05) is 6.61 Å². The summed E-state index contributed by atoms with van der Waals surface area (Å²) in [5.74, 6) is -3.49. The van der Waals surface area contributed by atoms with Crippen molar-refractivity contribution >= 4 is 0 Å². The molecule has 0 aliphatic heterocycles. The summed E-state index contributed by atoms with van der Waals surface area (Å²) < 4.78 is 27.5. The van der Waals surface area contributed by atoms with Crippen molar-refractivity contribution in [3.05, 3.63) is 35.4 Å². The van der Waals surface area contributed by atoms with Gasteiger partial charge in [-0.25, -0.2) is 8.78 Å². The maximum Gasteiger partial charge on any atom is 0.275 e. The van der Waals surface area contributed by atoms with Gasteiger partial charge >= 0.3 is 0 Å². The molecule has 1 nitrogen and oxygen atoms in total. The van der Waals surface area contributed by atoms with Crippen LogP contribution in [0.5, 0.6) is 0 Å². The summed E-state index contributed by atoms with van der Waals surface area (Å²) in [4.78, 5) is 0. The number of hydrogen-bond acceptors (Lipinski definition) is 1. The topological polar surface area (TPSA) is 20.2 Å². The molecule has 0 amide bonds. The van der Waals surface area contributed by atoms with Crippen LogP contribution in [0.2, 0.25) is 0 Å². The zero-order valence-corrected chi connectivity index (χ0v) is 9.71. The van der Waals surface area contributed by atoms with E-state index >= 15 is 0 Å². The summed E-state index contributed by atoms with van der Waals surface area (Å²) in [6.45, 7) is 3.12. The Morgan fingerprint density at radius 3 is 2.56 bits per heavy atom. The molecule has 0 unspecified atom stereocenters. The molecule has 1 rings (SSSR count). The third-order valence-electron chi connectivity index (χ3n) is 2.66. The summed E-state index contributed by atoms with van der Waals surface area (Å²) in [5, 5.41) is 8.70. The molecule has 0 atom stereocenters. The van der Waals surface area contributed by atoms with E-state index in [1.54, 1.807) is 6.07 Å². The predicted octanol–water partition coefficient (Wildman–Crippen LogP) is 3.36. The Bertz CT molecular complexity index is 334. The highest BCUT2D eigenvalue weighted by atomic mass is 19.3. The third-order valence-corrected chi connectivity index (χ3v) is 2.66. The Morgan fingerprint density at radius 2 is 2.00 bits per heavy atom. The third kappa shape index (κ3) is 3.01. The SMILES string of the molecule is CC(C)C(F)(F)c1cccc(CCCO)c1. The van der Waals surface area contributed by atoms with Crippen LogP contribution in [0.3, 0.4) is 0 Å². The number of hydrogen-bond donors (Lipinski definition) is 1. The normalized spacial score (nSPS) is 12.1. The molecule has 1 aromatic carbocycles. The van der Waals surface area contributed by atoms with Crippen molar-refractivity contribution in [3.63, 3.8) is 0 Å². The molecule has 0 saturated heterocycles. The average Bonchev–Trinajstić information content (AvgIpc) is 2.26. The van der Waals surface area contributed by atoms with E-state index in [-0.39, 0.29) is 12.2 Å². The maximum atomic E-state index is 13.7. The number of aliphatic hydroxyl groups is 1. The van der Waals surface area contributed by atoms with Gasteiger partial charge in [0, 0.05) is 18.1 Å². The van der Waals surface area contributed by atoms with Crippen molar-refractivity contribution < 1.29 is 13.9 Å². The molecule has 0 aliphatic carbocycles. The summed E-state index contributed by atoms with van der Waals surface area (Å²) in [5.41, 5.74) is 0.921. The van der Waals surface area contributed by atoms with Crippen molar-refractivity contribution in [2.24, 2.45) is 5.92 Å². The molecule has 1 N–H and O–H groups in total. The molecule has 0 bridgehead atoms. The molecule has 0 aromatic heterocycles. The molecule has 0 saturated carbocycles. The van der Waals surface area contributed by atoms with Gasteiger partial charge in [0.1, 0.15) is 0 Å². The van der Waals surface area contributed by atoms with Crippen LogP contribution in [0.4, 0.5) is 8.78 Å². The van der Waals surface area contributed by atoms with Gasteiger partial charge in [0.2, 0.25) is 0 Å². The fraction of sp³-hybridized carbons (Fsp3) is 0.538.